The zero-order chi connectivity index (χ0) is 21.4. The molecule has 0 aromatic rings. The first-order valence-electron chi connectivity index (χ1n) is 6.51. The fourth-order valence-corrected chi connectivity index (χ4v) is 1.58. The van der Waals surface area contributed by atoms with E-state index in [0.717, 1.165) is 0 Å². The third-order valence-corrected chi connectivity index (χ3v) is 2.83. The Kier molecular flexibility index (Phi) is 6.94. The SMILES string of the molecule is CC(C)CCOC(=C(C(F)(F)F)C(F)(F)F)C(F)(C(F)(F)F)C(F)(F)F. The van der Waals surface area contributed by atoms with Gasteiger partial charge in [-0.05, 0) is 12.3 Å². The van der Waals surface area contributed by atoms with Gasteiger partial charge >= 0.3 is 30.4 Å². The summed E-state index contributed by atoms with van der Waals surface area (Å²) >= 11 is 0. The van der Waals surface area contributed by atoms with E-state index in [1.807, 2.05) is 0 Å². The van der Waals surface area contributed by atoms with Crippen molar-refractivity contribution in [2.24, 2.45) is 5.92 Å². The highest BCUT2D eigenvalue weighted by Crippen LogP contribution is 2.55. The first-order chi connectivity index (χ1) is 11.2. The highest BCUT2D eigenvalue weighted by Gasteiger charge is 2.78. The number of ether oxygens (including phenoxy) is 1. The summed E-state index contributed by atoms with van der Waals surface area (Å²) in [6.45, 7) is 1.13. The van der Waals surface area contributed by atoms with Crippen LogP contribution in [-0.4, -0.2) is 37.0 Å². The molecular weight excluding hydrogens is 407 g/mol. The molecule has 0 saturated heterocycles. The Morgan fingerprint density at radius 3 is 1.27 bits per heavy atom. The summed E-state index contributed by atoms with van der Waals surface area (Å²) in [6, 6.07) is 0. The molecule has 0 aliphatic carbocycles. The summed E-state index contributed by atoms with van der Waals surface area (Å²) in [7, 11) is 0. The zero-order valence-electron chi connectivity index (χ0n) is 12.8. The van der Waals surface area contributed by atoms with Gasteiger partial charge in [0.15, 0.2) is 11.3 Å². The van der Waals surface area contributed by atoms with Crippen molar-refractivity contribution >= 4 is 0 Å². The molecule has 0 heterocycles. The van der Waals surface area contributed by atoms with Gasteiger partial charge in [-0.3, -0.25) is 0 Å². The second-order valence-corrected chi connectivity index (χ2v) is 5.38. The molecule has 0 rings (SSSR count). The molecule has 0 radical (unpaired) electrons. The van der Waals surface area contributed by atoms with Crippen LogP contribution >= 0.6 is 0 Å². The van der Waals surface area contributed by atoms with Crippen LogP contribution in [0.25, 0.3) is 0 Å². The van der Waals surface area contributed by atoms with Crippen molar-refractivity contribution in [2.75, 3.05) is 6.61 Å². The van der Waals surface area contributed by atoms with E-state index in [-0.39, 0.29) is 0 Å². The molecule has 14 heteroatoms. The summed E-state index contributed by atoms with van der Waals surface area (Å²) < 4.78 is 169. The van der Waals surface area contributed by atoms with Gasteiger partial charge < -0.3 is 4.74 Å². The monoisotopic (exact) mass is 418 g/mol. The van der Waals surface area contributed by atoms with Crippen LogP contribution in [0.4, 0.5) is 57.1 Å². The third-order valence-electron chi connectivity index (χ3n) is 2.83. The van der Waals surface area contributed by atoms with Crippen LogP contribution in [0.3, 0.4) is 0 Å². The van der Waals surface area contributed by atoms with Crippen LogP contribution in [0.2, 0.25) is 0 Å². The molecule has 0 amide bonds. The van der Waals surface area contributed by atoms with Crippen LogP contribution in [0.5, 0.6) is 0 Å². The lowest BCUT2D eigenvalue weighted by molar-refractivity contribution is -0.338. The molecule has 0 bridgehead atoms. The number of hydrogen-bond donors (Lipinski definition) is 0. The molecule has 26 heavy (non-hydrogen) atoms. The topological polar surface area (TPSA) is 9.23 Å². The van der Waals surface area contributed by atoms with E-state index in [9.17, 15) is 57.1 Å². The number of rotatable bonds is 5. The van der Waals surface area contributed by atoms with Crippen molar-refractivity contribution in [3.8, 4) is 0 Å². The second-order valence-electron chi connectivity index (χ2n) is 5.38. The van der Waals surface area contributed by atoms with Crippen molar-refractivity contribution in [1.82, 2.24) is 0 Å². The Hall–Kier alpha value is -1.37. The van der Waals surface area contributed by atoms with Gasteiger partial charge in [-0.1, -0.05) is 13.8 Å². The lowest BCUT2D eigenvalue weighted by Gasteiger charge is -2.34. The van der Waals surface area contributed by atoms with E-state index >= 15 is 0 Å². The number of halogens is 13. The smallest absolute Gasteiger partial charge is 0.439 e. The summed E-state index contributed by atoms with van der Waals surface area (Å²) in [5.41, 5.74) is -11.4. The molecule has 0 aliphatic rings. The highest BCUT2D eigenvalue weighted by atomic mass is 19.4. The first kappa shape index (κ1) is 24.6. The van der Waals surface area contributed by atoms with Crippen molar-refractivity contribution < 1.29 is 61.8 Å². The number of hydrogen-bond acceptors (Lipinski definition) is 1. The van der Waals surface area contributed by atoms with Gasteiger partial charge in [0.2, 0.25) is 0 Å². The largest absolute Gasteiger partial charge is 0.493 e. The minimum absolute atomic E-state index is 0.543. The minimum Gasteiger partial charge on any atom is -0.493 e. The summed E-state index contributed by atoms with van der Waals surface area (Å²) in [5, 5.41) is 0. The lowest BCUT2D eigenvalue weighted by atomic mass is 9.96. The molecule has 0 unspecified atom stereocenters. The Morgan fingerprint density at radius 2 is 1.04 bits per heavy atom. The Balaban J connectivity index is 6.89. The molecule has 0 spiro atoms. The van der Waals surface area contributed by atoms with E-state index in [1.54, 1.807) is 0 Å². The molecule has 0 saturated carbocycles. The minimum atomic E-state index is -7.21. The molecule has 156 valence electrons. The fraction of sp³-hybridized carbons (Fsp3) is 0.833. The van der Waals surface area contributed by atoms with Crippen molar-refractivity contribution in [2.45, 2.75) is 50.6 Å². The Labute approximate surface area is 137 Å². The molecule has 0 atom stereocenters. The van der Waals surface area contributed by atoms with Gasteiger partial charge in [-0.15, -0.1) is 0 Å². The van der Waals surface area contributed by atoms with Gasteiger partial charge in [0.25, 0.3) is 0 Å². The van der Waals surface area contributed by atoms with Crippen LogP contribution in [0, 0.1) is 5.92 Å². The molecule has 0 aromatic heterocycles. The molecule has 1 nitrogen and oxygen atoms in total. The molecule has 0 N–H and O–H groups in total. The van der Waals surface area contributed by atoms with E-state index in [2.05, 4.69) is 4.74 Å². The maximum atomic E-state index is 13.9. The molecular formula is C12H11F13O. The lowest BCUT2D eigenvalue weighted by Crippen LogP contribution is -2.56. The van der Waals surface area contributed by atoms with Crippen molar-refractivity contribution in [1.29, 1.82) is 0 Å². The van der Waals surface area contributed by atoms with E-state index in [4.69, 9.17) is 0 Å². The first-order valence-corrected chi connectivity index (χ1v) is 6.51. The van der Waals surface area contributed by atoms with Crippen LogP contribution < -0.4 is 0 Å². The summed E-state index contributed by atoms with van der Waals surface area (Å²) in [4.78, 5) is 0. The molecule has 0 aromatic carbocycles. The average molecular weight is 418 g/mol. The van der Waals surface area contributed by atoms with Crippen LogP contribution in [0.15, 0.2) is 11.3 Å². The van der Waals surface area contributed by atoms with Gasteiger partial charge in [0, 0.05) is 0 Å². The van der Waals surface area contributed by atoms with Gasteiger partial charge in [0.1, 0.15) is 0 Å². The summed E-state index contributed by atoms with van der Waals surface area (Å²) in [5.74, 6) is -4.53. The Morgan fingerprint density at radius 1 is 0.692 bits per heavy atom. The Bertz CT molecular complexity index is 473. The normalized spacial score (nSPS) is 14.6. The number of alkyl halides is 13. The van der Waals surface area contributed by atoms with Crippen molar-refractivity contribution in [3.63, 3.8) is 0 Å². The van der Waals surface area contributed by atoms with Gasteiger partial charge in [-0.2, -0.15) is 52.7 Å². The standard InChI is InChI=1S/C12H11F13O/c1-5(2)3-4-26-7(6(9(14,15)16)10(17,18)19)8(13,11(20,21)22)12(23,24)25/h5H,3-4H2,1-2H3. The second kappa shape index (κ2) is 7.33. The van der Waals surface area contributed by atoms with E-state index < -0.39 is 60.7 Å². The molecule has 0 fully saturated rings. The van der Waals surface area contributed by atoms with E-state index in [1.165, 1.54) is 13.8 Å². The maximum Gasteiger partial charge on any atom is 0.439 e. The quantitative estimate of drug-likeness (QED) is 0.378. The zero-order valence-corrected chi connectivity index (χ0v) is 12.8. The molecule has 0 aliphatic heterocycles. The predicted molar refractivity (Wildman–Crippen MR) is 60.5 cm³/mol. The van der Waals surface area contributed by atoms with Gasteiger partial charge in [-0.25, -0.2) is 4.39 Å². The predicted octanol–water partition coefficient (Wildman–Crippen LogP) is 6.26. The van der Waals surface area contributed by atoms with Crippen LogP contribution in [-0.2, 0) is 4.74 Å². The van der Waals surface area contributed by atoms with Crippen molar-refractivity contribution in [3.05, 3.63) is 11.3 Å². The van der Waals surface area contributed by atoms with Crippen LogP contribution in [0.1, 0.15) is 20.3 Å². The highest BCUT2D eigenvalue weighted by molar-refractivity contribution is 5.30. The average Bonchev–Trinajstić information content (AvgIpc) is 2.29. The maximum absolute atomic E-state index is 13.9. The fourth-order valence-electron chi connectivity index (χ4n) is 1.58. The van der Waals surface area contributed by atoms with Gasteiger partial charge in [0.05, 0.1) is 6.61 Å². The third kappa shape index (κ3) is 5.32. The summed E-state index contributed by atoms with van der Waals surface area (Å²) in [6.07, 6.45) is -28.6. The van der Waals surface area contributed by atoms with E-state index in [0.29, 0.717) is 0 Å². The number of allylic oxidation sites excluding steroid dienone is 2.